The molecule has 0 saturated carbocycles. The lowest BCUT2D eigenvalue weighted by molar-refractivity contribution is 0.234. The third kappa shape index (κ3) is 5.00. The summed E-state index contributed by atoms with van der Waals surface area (Å²) in [7, 11) is 0. The predicted molar refractivity (Wildman–Crippen MR) is 77.9 cm³/mol. The Morgan fingerprint density at radius 3 is 2.33 bits per heavy atom. The summed E-state index contributed by atoms with van der Waals surface area (Å²) in [5.74, 6) is 0.441. The molecule has 0 aliphatic carbocycles. The summed E-state index contributed by atoms with van der Waals surface area (Å²) in [6.07, 6.45) is 2.05. The molecule has 0 aliphatic rings. The van der Waals surface area contributed by atoms with Gasteiger partial charge < -0.3 is 10.6 Å². The number of hydrogen-bond acceptors (Lipinski definition) is 2. The molecular weight excluding hydrogens is 244 g/mol. The van der Waals surface area contributed by atoms with E-state index in [-0.39, 0.29) is 12.1 Å². The van der Waals surface area contributed by atoms with Gasteiger partial charge in [0.25, 0.3) is 0 Å². The SMILES string of the molecule is CSc1ccc(CNC(=O)NC(C)C(C)C)cc1. The van der Waals surface area contributed by atoms with Crippen molar-refractivity contribution in [3.05, 3.63) is 29.8 Å². The fraction of sp³-hybridized carbons (Fsp3) is 0.500. The van der Waals surface area contributed by atoms with Crippen LogP contribution in [-0.2, 0) is 6.54 Å². The zero-order chi connectivity index (χ0) is 13.5. The summed E-state index contributed by atoms with van der Waals surface area (Å²) < 4.78 is 0. The van der Waals surface area contributed by atoms with Crippen molar-refractivity contribution in [1.82, 2.24) is 10.6 Å². The molecule has 2 amide bonds. The number of urea groups is 1. The van der Waals surface area contributed by atoms with E-state index in [2.05, 4.69) is 36.6 Å². The Morgan fingerprint density at radius 2 is 1.83 bits per heavy atom. The smallest absolute Gasteiger partial charge is 0.315 e. The van der Waals surface area contributed by atoms with E-state index < -0.39 is 0 Å². The van der Waals surface area contributed by atoms with Crippen LogP contribution in [-0.4, -0.2) is 18.3 Å². The largest absolute Gasteiger partial charge is 0.335 e. The molecule has 1 atom stereocenters. The first-order valence-corrected chi connectivity index (χ1v) is 7.42. The number of hydrogen-bond donors (Lipinski definition) is 2. The molecule has 1 rings (SSSR count). The molecule has 18 heavy (non-hydrogen) atoms. The molecule has 1 unspecified atom stereocenters. The van der Waals surface area contributed by atoms with Gasteiger partial charge in [-0.3, -0.25) is 0 Å². The maximum atomic E-state index is 11.6. The van der Waals surface area contributed by atoms with E-state index in [4.69, 9.17) is 0 Å². The molecular formula is C14H22N2OS. The van der Waals surface area contributed by atoms with Gasteiger partial charge in [0, 0.05) is 17.5 Å². The average Bonchev–Trinajstić information content (AvgIpc) is 2.36. The number of rotatable bonds is 5. The Hall–Kier alpha value is -1.16. The maximum Gasteiger partial charge on any atom is 0.315 e. The molecule has 0 aliphatic heterocycles. The second-order valence-corrected chi connectivity index (χ2v) is 5.59. The molecule has 3 nitrogen and oxygen atoms in total. The van der Waals surface area contributed by atoms with E-state index in [9.17, 15) is 4.79 Å². The molecule has 0 heterocycles. The molecule has 0 aromatic heterocycles. The first-order chi connectivity index (χ1) is 8.52. The fourth-order valence-corrected chi connectivity index (χ4v) is 1.76. The van der Waals surface area contributed by atoms with Gasteiger partial charge in [-0.05, 0) is 36.8 Å². The molecule has 0 saturated heterocycles. The van der Waals surface area contributed by atoms with Crippen molar-refractivity contribution < 1.29 is 4.79 Å². The van der Waals surface area contributed by atoms with Gasteiger partial charge in [0.2, 0.25) is 0 Å². The summed E-state index contributed by atoms with van der Waals surface area (Å²) in [4.78, 5) is 12.9. The summed E-state index contributed by atoms with van der Waals surface area (Å²) >= 11 is 1.71. The number of carbonyl (C=O) groups is 1. The molecule has 0 bridgehead atoms. The normalized spacial score (nSPS) is 12.3. The van der Waals surface area contributed by atoms with Crippen molar-refractivity contribution in [3.8, 4) is 0 Å². The summed E-state index contributed by atoms with van der Waals surface area (Å²) in [5, 5.41) is 5.78. The van der Waals surface area contributed by atoms with Crippen molar-refractivity contribution in [2.75, 3.05) is 6.26 Å². The zero-order valence-corrected chi connectivity index (χ0v) is 12.3. The van der Waals surface area contributed by atoms with E-state index in [1.165, 1.54) is 4.90 Å². The zero-order valence-electron chi connectivity index (χ0n) is 11.5. The number of thioether (sulfide) groups is 1. The van der Waals surface area contributed by atoms with E-state index >= 15 is 0 Å². The van der Waals surface area contributed by atoms with Crippen molar-refractivity contribution in [1.29, 1.82) is 0 Å². The minimum absolute atomic E-state index is 0.106. The fourth-order valence-electron chi connectivity index (χ4n) is 1.35. The second kappa shape index (κ2) is 7.31. The summed E-state index contributed by atoms with van der Waals surface area (Å²) in [6, 6.07) is 8.29. The van der Waals surface area contributed by atoms with Gasteiger partial charge >= 0.3 is 6.03 Å². The van der Waals surface area contributed by atoms with Crippen LogP contribution in [0.4, 0.5) is 4.79 Å². The van der Waals surface area contributed by atoms with E-state index in [0.717, 1.165) is 5.56 Å². The Morgan fingerprint density at radius 1 is 1.22 bits per heavy atom. The minimum atomic E-state index is -0.106. The molecule has 0 spiro atoms. The molecule has 0 radical (unpaired) electrons. The van der Waals surface area contributed by atoms with Crippen LogP contribution in [0.2, 0.25) is 0 Å². The third-order valence-corrected chi connectivity index (χ3v) is 3.71. The van der Waals surface area contributed by atoms with E-state index in [1.807, 2.05) is 25.3 Å². The average molecular weight is 266 g/mol. The number of benzene rings is 1. The highest BCUT2D eigenvalue weighted by Gasteiger charge is 2.09. The Labute approximate surface area is 114 Å². The van der Waals surface area contributed by atoms with Gasteiger partial charge in [-0.25, -0.2) is 4.79 Å². The van der Waals surface area contributed by atoms with Crippen LogP contribution in [0.1, 0.15) is 26.3 Å². The van der Waals surface area contributed by atoms with E-state index in [0.29, 0.717) is 12.5 Å². The van der Waals surface area contributed by atoms with Gasteiger partial charge in [-0.1, -0.05) is 26.0 Å². The van der Waals surface area contributed by atoms with Crippen LogP contribution in [0.5, 0.6) is 0 Å². The molecule has 0 fully saturated rings. The lowest BCUT2D eigenvalue weighted by Gasteiger charge is -2.17. The second-order valence-electron chi connectivity index (χ2n) is 4.71. The predicted octanol–water partition coefficient (Wildman–Crippen LogP) is 3.25. The van der Waals surface area contributed by atoms with Crippen LogP contribution in [0.25, 0.3) is 0 Å². The van der Waals surface area contributed by atoms with Crippen molar-refractivity contribution in [2.45, 2.75) is 38.3 Å². The Balaban J connectivity index is 2.37. The first kappa shape index (κ1) is 14.9. The standard InChI is InChI=1S/C14H22N2OS/c1-10(2)11(3)16-14(17)15-9-12-5-7-13(18-4)8-6-12/h5-8,10-11H,9H2,1-4H3,(H2,15,16,17). The van der Waals surface area contributed by atoms with E-state index in [1.54, 1.807) is 11.8 Å². The molecule has 100 valence electrons. The summed E-state index contributed by atoms with van der Waals surface area (Å²) in [6.45, 7) is 6.75. The van der Waals surface area contributed by atoms with Crippen molar-refractivity contribution in [3.63, 3.8) is 0 Å². The topological polar surface area (TPSA) is 41.1 Å². The highest BCUT2D eigenvalue weighted by atomic mass is 32.2. The monoisotopic (exact) mass is 266 g/mol. The van der Waals surface area contributed by atoms with Crippen LogP contribution in [0.15, 0.2) is 29.2 Å². The van der Waals surface area contributed by atoms with Gasteiger partial charge in [0.15, 0.2) is 0 Å². The number of amides is 2. The molecule has 2 N–H and O–H groups in total. The third-order valence-electron chi connectivity index (χ3n) is 2.97. The Bertz CT molecular complexity index is 376. The lowest BCUT2D eigenvalue weighted by Crippen LogP contribution is -2.42. The van der Waals surface area contributed by atoms with Crippen LogP contribution in [0.3, 0.4) is 0 Å². The first-order valence-electron chi connectivity index (χ1n) is 6.20. The quantitative estimate of drug-likeness (QED) is 0.803. The maximum absolute atomic E-state index is 11.6. The molecule has 1 aromatic carbocycles. The van der Waals surface area contributed by atoms with Gasteiger partial charge in [0.1, 0.15) is 0 Å². The van der Waals surface area contributed by atoms with Crippen molar-refractivity contribution in [2.24, 2.45) is 5.92 Å². The molecule has 1 aromatic rings. The van der Waals surface area contributed by atoms with Crippen LogP contribution < -0.4 is 10.6 Å². The van der Waals surface area contributed by atoms with Crippen LogP contribution >= 0.6 is 11.8 Å². The lowest BCUT2D eigenvalue weighted by atomic mass is 10.1. The Kier molecular flexibility index (Phi) is 6.05. The highest BCUT2D eigenvalue weighted by molar-refractivity contribution is 7.98. The number of carbonyl (C=O) groups excluding carboxylic acids is 1. The van der Waals surface area contributed by atoms with Crippen molar-refractivity contribution >= 4 is 17.8 Å². The van der Waals surface area contributed by atoms with Gasteiger partial charge in [-0.15, -0.1) is 11.8 Å². The summed E-state index contributed by atoms with van der Waals surface area (Å²) in [5.41, 5.74) is 1.11. The van der Waals surface area contributed by atoms with Gasteiger partial charge in [0.05, 0.1) is 0 Å². The minimum Gasteiger partial charge on any atom is -0.335 e. The van der Waals surface area contributed by atoms with Crippen LogP contribution in [0, 0.1) is 5.92 Å². The van der Waals surface area contributed by atoms with Gasteiger partial charge in [-0.2, -0.15) is 0 Å². The number of nitrogens with one attached hydrogen (secondary N) is 2. The highest BCUT2D eigenvalue weighted by Crippen LogP contribution is 2.14. The molecule has 4 heteroatoms.